The second kappa shape index (κ2) is 9.90. The van der Waals surface area contributed by atoms with Gasteiger partial charge in [0.2, 0.25) is 0 Å². The molecule has 1 atom stereocenters. The van der Waals surface area contributed by atoms with Crippen LogP contribution in [0, 0.1) is 0 Å². The lowest BCUT2D eigenvalue weighted by molar-refractivity contribution is -0.138. The van der Waals surface area contributed by atoms with E-state index < -0.39 is 18.0 Å². The van der Waals surface area contributed by atoms with Gasteiger partial charge in [0.15, 0.2) is 0 Å². The number of rotatable bonds is 5. The minimum Gasteiger partial charge on any atom is -0.480 e. The van der Waals surface area contributed by atoms with Crippen LogP contribution in [0.2, 0.25) is 0 Å². The highest BCUT2D eigenvalue weighted by atomic mass is 16.4. The van der Waals surface area contributed by atoms with Gasteiger partial charge in [0.1, 0.15) is 6.04 Å². The molecule has 0 spiro atoms. The van der Waals surface area contributed by atoms with Gasteiger partial charge in [-0.15, -0.1) is 0 Å². The minimum atomic E-state index is -0.968. The third-order valence-electron chi connectivity index (χ3n) is 1.21. The van der Waals surface area contributed by atoms with E-state index in [1.54, 1.807) is 0 Å². The van der Waals surface area contributed by atoms with Gasteiger partial charge in [0.05, 0.1) is 6.54 Å². The van der Waals surface area contributed by atoms with Gasteiger partial charge in [-0.25, -0.2) is 0 Å². The van der Waals surface area contributed by atoms with Crippen LogP contribution in [-0.2, 0) is 9.59 Å². The molecule has 0 rings (SSSR count). The van der Waals surface area contributed by atoms with Crippen molar-refractivity contribution in [3.8, 4) is 0 Å². The molecule has 8 N–H and O–H groups in total. The molecular formula is C7H17N3O4. The SMILES string of the molecule is NCC(=O)O.NCCCC(N)C(=O)O. The molecule has 7 heteroatoms. The molecule has 0 saturated carbocycles. The second-order valence-corrected chi connectivity index (χ2v) is 2.47. The van der Waals surface area contributed by atoms with E-state index >= 15 is 0 Å². The molecule has 0 amide bonds. The Kier molecular flexibility index (Phi) is 10.8. The Bertz CT molecular complexity index is 174. The third kappa shape index (κ3) is 13.4. The van der Waals surface area contributed by atoms with Crippen molar-refractivity contribution >= 4 is 11.9 Å². The summed E-state index contributed by atoms with van der Waals surface area (Å²) in [5.74, 6) is -1.92. The number of carboxylic acids is 2. The van der Waals surface area contributed by atoms with Crippen molar-refractivity contribution in [1.82, 2.24) is 0 Å². The molecule has 1 unspecified atom stereocenters. The molecule has 84 valence electrons. The van der Waals surface area contributed by atoms with Gasteiger partial charge < -0.3 is 27.4 Å². The molecule has 7 nitrogen and oxygen atoms in total. The first kappa shape index (κ1) is 15.3. The Morgan fingerprint density at radius 2 is 1.64 bits per heavy atom. The highest BCUT2D eigenvalue weighted by Crippen LogP contribution is 1.91. The van der Waals surface area contributed by atoms with Gasteiger partial charge in [-0.2, -0.15) is 0 Å². The lowest BCUT2D eigenvalue weighted by Crippen LogP contribution is -2.30. The highest BCUT2D eigenvalue weighted by Gasteiger charge is 2.08. The van der Waals surface area contributed by atoms with Crippen LogP contribution in [-0.4, -0.2) is 41.3 Å². The maximum Gasteiger partial charge on any atom is 0.320 e. The molecule has 0 aliphatic rings. The number of carboxylic acid groups (broad SMARTS) is 2. The zero-order valence-corrected chi connectivity index (χ0v) is 7.85. The maximum absolute atomic E-state index is 10.0. The Labute approximate surface area is 81.9 Å². The van der Waals surface area contributed by atoms with Crippen LogP contribution in [0.4, 0.5) is 0 Å². The van der Waals surface area contributed by atoms with Crippen LogP contribution in [0.25, 0.3) is 0 Å². The van der Waals surface area contributed by atoms with E-state index in [4.69, 9.17) is 21.7 Å². The van der Waals surface area contributed by atoms with Crippen LogP contribution < -0.4 is 17.2 Å². The fraction of sp³-hybridized carbons (Fsp3) is 0.714. The van der Waals surface area contributed by atoms with Gasteiger partial charge in [0, 0.05) is 0 Å². The molecule has 0 heterocycles. The monoisotopic (exact) mass is 207 g/mol. The Balaban J connectivity index is 0. The summed E-state index contributed by atoms with van der Waals surface area (Å²) in [6.45, 7) is 0.223. The first-order chi connectivity index (χ1) is 6.45. The van der Waals surface area contributed by atoms with Gasteiger partial charge >= 0.3 is 11.9 Å². The van der Waals surface area contributed by atoms with Crippen molar-refractivity contribution in [2.24, 2.45) is 17.2 Å². The molecule has 0 fully saturated rings. The van der Waals surface area contributed by atoms with E-state index in [0.717, 1.165) is 0 Å². The average Bonchev–Trinajstić information content (AvgIpc) is 2.14. The van der Waals surface area contributed by atoms with Gasteiger partial charge in [-0.05, 0) is 19.4 Å². The predicted octanol–water partition coefficient (Wildman–Crippen LogP) is -1.83. The van der Waals surface area contributed by atoms with Gasteiger partial charge in [0.25, 0.3) is 0 Å². The largest absolute Gasteiger partial charge is 0.480 e. The average molecular weight is 207 g/mol. The summed E-state index contributed by atoms with van der Waals surface area (Å²) in [6.07, 6.45) is 1.14. The molecule has 0 aromatic carbocycles. The fourth-order valence-electron chi connectivity index (χ4n) is 0.461. The maximum atomic E-state index is 10.0. The molecule has 0 radical (unpaired) electrons. The zero-order valence-electron chi connectivity index (χ0n) is 7.85. The van der Waals surface area contributed by atoms with Crippen molar-refractivity contribution in [3.63, 3.8) is 0 Å². The van der Waals surface area contributed by atoms with Crippen LogP contribution in [0.3, 0.4) is 0 Å². The molecule has 0 aliphatic carbocycles. The lowest BCUT2D eigenvalue weighted by Gasteiger charge is -2.02. The predicted molar refractivity (Wildman–Crippen MR) is 50.6 cm³/mol. The summed E-state index contributed by atoms with van der Waals surface area (Å²) in [6, 6.07) is -0.742. The molecular weight excluding hydrogens is 190 g/mol. The number of carbonyl (C=O) groups is 2. The van der Waals surface area contributed by atoms with Crippen LogP contribution in [0.15, 0.2) is 0 Å². The normalized spacial score (nSPS) is 11.1. The van der Waals surface area contributed by atoms with Crippen LogP contribution >= 0.6 is 0 Å². The highest BCUT2D eigenvalue weighted by molar-refractivity contribution is 5.72. The molecule has 0 aromatic heterocycles. The zero-order chi connectivity index (χ0) is 11.6. The van der Waals surface area contributed by atoms with Crippen molar-refractivity contribution in [2.45, 2.75) is 18.9 Å². The minimum absolute atomic E-state index is 0.278. The third-order valence-corrected chi connectivity index (χ3v) is 1.21. The number of hydrogen-bond donors (Lipinski definition) is 5. The summed E-state index contributed by atoms with van der Waals surface area (Å²) in [4.78, 5) is 19.3. The fourth-order valence-corrected chi connectivity index (χ4v) is 0.461. The van der Waals surface area contributed by atoms with E-state index in [-0.39, 0.29) is 6.54 Å². The molecule has 0 aliphatic heterocycles. The standard InChI is InChI=1S/C5H12N2O2.C2H5NO2/c6-3-1-2-4(7)5(8)9;3-1-2(4)5/h4H,1-3,6-7H2,(H,8,9);1,3H2,(H,4,5). The molecule has 0 aromatic rings. The van der Waals surface area contributed by atoms with Crippen molar-refractivity contribution in [1.29, 1.82) is 0 Å². The van der Waals surface area contributed by atoms with E-state index in [1.165, 1.54) is 0 Å². The van der Waals surface area contributed by atoms with E-state index in [9.17, 15) is 9.59 Å². The molecule has 14 heavy (non-hydrogen) atoms. The summed E-state index contributed by atoms with van der Waals surface area (Å²) in [7, 11) is 0. The summed E-state index contributed by atoms with van der Waals surface area (Å²) >= 11 is 0. The second-order valence-electron chi connectivity index (χ2n) is 2.47. The Hall–Kier alpha value is -1.18. The summed E-state index contributed by atoms with van der Waals surface area (Å²) < 4.78 is 0. The molecule has 0 saturated heterocycles. The topological polar surface area (TPSA) is 153 Å². The Morgan fingerprint density at radius 1 is 1.21 bits per heavy atom. The van der Waals surface area contributed by atoms with Crippen molar-refractivity contribution in [3.05, 3.63) is 0 Å². The smallest absolute Gasteiger partial charge is 0.320 e. The van der Waals surface area contributed by atoms with E-state index in [2.05, 4.69) is 5.73 Å². The number of hydrogen-bond acceptors (Lipinski definition) is 5. The summed E-state index contributed by atoms with van der Waals surface area (Å²) in [5, 5.41) is 15.8. The first-order valence-electron chi connectivity index (χ1n) is 4.06. The lowest BCUT2D eigenvalue weighted by atomic mass is 10.2. The Morgan fingerprint density at radius 3 is 1.86 bits per heavy atom. The van der Waals surface area contributed by atoms with Crippen molar-refractivity contribution in [2.75, 3.05) is 13.1 Å². The van der Waals surface area contributed by atoms with Gasteiger partial charge in [-0.1, -0.05) is 0 Å². The van der Waals surface area contributed by atoms with E-state index in [0.29, 0.717) is 19.4 Å². The summed E-state index contributed by atoms with van der Waals surface area (Å²) in [5.41, 5.74) is 14.8. The van der Waals surface area contributed by atoms with Crippen molar-refractivity contribution < 1.29 is 19.8 Å². The van der Waals surface area contributed by atoms with Crippen LogP contribution in [0.1, 0.15) is 12.8 Å². The van der Waals surface area contributed by atoms with Crippen LogP contribution in [0.5, 0.6) is 0 Å². The number of aliphatic carboxylic acids is 2. The quantitative estimate of drug-likeness (QED) is 0.355. The molecule has 0 bridgehead atoms. The first-order valence-corrected chi connectivity index (χ1v) is 4.06. The van der Waals surface area contributed by atoms with E-state index in [1.807, 2.05) is 0 Å². The van der Waals surface area contributed by atoms with Gasteiger partial charge in [-0.3, -0.25) is 9.59 Å². The number of nitrogens with two attached hydrogens (primary N) is 3.